The Morgan fingerprint density at radius 2 is 2.50 bits per heavy atom. The van der Waals surface area contributed by atoms with Crippen molar-refractivity contribution in [3.63, 3.8) is 0 Å². The monoisotopic (exact) mass is 251 g/mol. The summed E-state index contributed by atoms with van der Waals surface area (Å²) in [5.74, 6) is 0. The third kappa shape index (κ3) is 1.49. The van der Waals surface area contributed by atoms with Gasteiger partial charge in [-0.05, 0) is 29.6 Å². The van der Waals surface area contributed by atoms with E-state index < -0.39 is 0 Å². The van der Waals surface area contributed by atoms with Crippen LogP contribution in [0.1, 0.15) is 5.69 Å². The van der Waals surface area contributed by atoms with Crippen molar-refractivity contribution in [1.29, 1.82) is 0 Å². The van der Waals surface area contributed by atoms with Gasteiger partial charge in [-0.2, -0.15) is 5.10 Å². The molecule has 0 amide bonds. The van der Waals surface area contributed by atoms with Crippen LogP contribution in [0.2, 0.25) is 0 Å². The standard InChI is InChI=1S/C6H10IN3/c1-8-4-6-5(7)3-9-10(6)2/h3,8H,4H2,1-2H3. The van der Waals surface area contributed by atoms with Crippen molar-refractivity contribution in [2.45, 2.75) is 6.54 Å². The van der Waals surface area contributed by atoms with Gasteiger partial charge >= 0.3 is 0 Å². The van der Waals surface area contributed by atoms with Gasteiger partial charge in [-0.1, -0.05) is 0 Å². The van der Waals surface area contributed by atoms with E-state index in [9.17, 15) is 0 Å². The molecule has 0 saturated heterocycles. The Hall–Kier alpha value is -0.100. The molecular weight excluding hydrogens is 241 g/mol. The van der Waals surface area contributed by atoms with E-state index in [0.29, 0.717) is 0 Å². The molecule has 0 aliphatic heterocycles. The molecule has 0 unspecified atom stereocenters. The van der Waals surface area contributed by atoms with Crippen molar-refractivity contribution in [2.75, 3.05) is 7.05 Å². The molecular formula is C6H10IN3. The Morgan fingerprint density at radius 1 is 1.80 bits per heavy atom. The van der Waals surface area contributed by atoms with Crippen molar-refractivity contribution < 1.29 is 0 Å². The first-order chi connectivity index (χ1) is 4.75. The van der Waals surface area contributed by atoms with Gasteiger partial charge in [0.1, 0.15) is 0 Å². The fourth-order valence-corrected chi connectivity index (χ4v) is 1.47. The number of hydrogen-bond acceptors (Lipinski definition) is 2. The fraction of sp³-hybridized carbons (Fsp3) is 0.500. The predicted molar refractivity (Wildman–Crippen MR) is 48.7 cm³/mol. The third-order valence-electron chi connectivity index (χ3n) is 1.35. The van der Waals surface area contributed by atoms with E-state index in [1.807, 2.05) is 25.0 Å². The van der Waals surface area contributed by atoms with Crippen LogP contribution in [0.3, 0.4) is 0 Å². The van der Waals surface area contributed by atoms with E-state index in [2.05, 4.69) is 33.0 Å². The SMILES string of the molecule is CNCc1c(I)cnn1C. The van der Waals surface area contributed by atoms with Crippen LogP contribution in [0.25, 0.3) is 0 Å². The van der Waals surface area contributed by atoms with Gasteiger partial charge in [-0.15, -0.1) is 0 Å². The van der Waals surface area contributed by atoms with Crippen molar-refractivity contribution in [3.8, 4) is 0 Å². The number of hydrogen-bond donors (Lipinski definition) is 1. The minimum atomic E-state index is 0.884. The highest BCUT2D eigenvalue weighted by Gasteiger charge is 2.02. The first-order valence-electron chi connectivity index (χ1n) is 3.06. The topological polar surface area (TPSA) is 29.9 Å². The van der Waals surface area contributed by atoms with Crippen molar-refractivity contribution >= 4 is 22.6 Å². The summed E-state index contributed by atoms with van der Waals surface area (Å²) in [6.07, 6.45) is 1.87. The van der Waals surface area contributed by atoms with Crippen LogP contribution in [0.4, 0.5) is 0 Å². The quantitative estimate of drug-likeness (QED) is 0.786. The molecule has 0 radical (unpaired) electrons. The lowest BCUT2D eigenvalue weighted by Gasteiger charge is -1.99. The molecule has 0 spiro atoms. The molecule has 56 valence electrons. The Bertz CT molecular complexity index is 199. The number of nitrogens with zero attached hydrogens (tertiary/aromatic N) is 2. The van der Waals surface area contributed by atoms with Crippen molar-refractivity contribution in [3.05, 3.63) is 15.5 Å². The van der Waals surface area contributed by atoms with Crippen molar-refractivity contribution in [1.82, 2.24) is 15.1 Å². The second-order valence-corrected chi connectivity index (χ2v) is 3.26. The zero-order valence-electron chi connectivity index (χ0n) is 6.06. The highest BCUT2D eigenvalue weighted by molar-refractivity contribution is 14.1. The number of nitrogens with one attached hydrogen (secondary N) is 1. The lowest BCUT2D eigenvalue weighted by molar-refractivity contribution is 0.670. The second kappa shape index (κ2) is 3.34. The van der Waals surface area contributed by atoms with Gasteiger partial charge in [-0.3, -0.25) is 4.68 Å². The summed E-state index contributed by atoms with van der Waals surface area (Å²) in [4.78, 5) is 0. The van der Waals surface area contributed by atoms with Crippen LogP contribution >= 0.6 is 22.6 Å². The molecule has 1 aromatic heterocycles. The Morgan fingerprint density at radius 3 is 2.90 bits per heavy atom. The second-order valence-electron chi connectivity index (χ2n) is 2.09. The van der Waals surface area contributed by atoms with Crippen LogP contribution in [-0.2, 0) is 13.6 Å². The maximum Gasteiger partial charge on any atom is 0.0652 e. The molecule has 3 nitrogen and oxygen atoms in total. The number of aromatic nitrogens is 2. The van der Waals surface area contributed by atoms with Crippen LogP contribution in [0, 0.1) is 3.57 Å². The first kappa shape index (κ1) is 8.00. The van der Waals surface area contributed by atoms with E-state index >= 15 is 0 Å². The van der Waals surface area contributed by atoms with Crippen LogP contribution in [0.15, 0.2) is 6.20 Å². The molecule has 0 aliphatic rings. The average molecular weight is 251 g/mol. The summed E-state index contributed by atoms with van der Waals surface area (Å²) in [7, 11) is 3.89. The highest BCUT2D eigenvalue weighted by Crippen LogP contribution is 2.08. The maximum atomic E-state index is 4.10. The summed E-state index contributed by atoms with van der Waals surface area (Å²) in [5.41, 5.74) is 1.24. The summed E-state index contributed by atoms with van der Waals surface area (Å²) >= 11 is 2.28. The van der Waals surface area contributed by atoms with Crippen LogP contribution in [0.5, 0.6) is 0 Å². The summed E-state index contributed by atoms with van der Waals surface area (Å²) in [6.45, 7) is 0.884. The molecule has 0 atom stereocenters. The molecule has 1 N–H and O–H groups in total. The smallest absolute Gasteiger partial charge is 0.0652 e. The third-order valence-corrected chi connectivity index (χ3v) is 2.26. The van der Waals surface area contributed by atoms with E-state index in [0.717, 1.165) is 6.54 Å². The molecule has 1 aromatic rings. The Labute approximate surface area is 73.9 Å². The van der Waals surface area contributed by atoms with Gasteiger partial charge in [0.15, 0.2) is 0 Å². The largest absolute Gasteiger partial charge is 0.314 e. The van der Waals surface area contributed by atoms with E-state index in [1.54, 1.807) is 0 Å². The minimum absolute atomic E-state index is 0.884. The lowest BCUT2D eigenvalue weighted by Crippen LogP contribution is -2.10. The zero-order valence-corrected chi connectivity index (χ0v) is 8.21. The van der Waals surface area contributed by atoms with Crippen LogP contribution < -0.4 is 5.32 Å². The van der Waals surface area contributed by atoms with Gasteiger partial charge in [0.05, 0.1) is 15.5 Å². The van der Waals surface area contributed by atoms with Crippen molar-refractivity contribution in [2.24, 2.45) is 7.05 Å². The van der Waals surface area contributed by atoms with Gasteiger partial charge in [-0.25, -0.2) is 0 Å². The van der Waals surface area contributed by atoms with Gasteiger partial charge in [0.25, 0.3) is 0 Å². The molecule has 0 aliphatic carbocycles. The van der Waals surface area contributed by atoms with E-state index in [1.165, 1.54) is 9.26 Å². The molecule has 1 heterocycles. The average Bonchev–Trinajstić information content (AvgIpc) is 2.20. The summed E-state index contributed by atoms with van der Waals surface area (Å²) in [5, 5.41) is 7.19. The molecule has 4 heteroatoms. The molecule has 0 saturated carbocycles. The lowest BCUT2D eigenvalue weighted by atomic mass is 10.4. The Kier molecular flexibility index (Phi) is 2.67. The molecule has 0 bridgehead atoms. The molecule has 0 fully saturated rings. The minimum Gasteiger partial charge on any atom is -0.314 e. The molecule has 1 rings (SSSR count). The Balaban J connectivity index is 2.87. The predicted octanol–water partition coefficient (Wildman–Crippen LogP) is 0.744. The number of halogens is 1. The molecule has 10 heavy (non-hydrogen) atoms. The van der Waals surface area contributed by atoms with Crippen LogP contribution in [-0.4, -0.2) is 16.8 Å². The van der Waals surface area contributed by atoms with Gasteiger partial charge in [0.2, 0.25) is 0 Å². The number of aryl methyl sites for hydroxylation is 1. The fourth-order valence-electron chi connectivity index (χ4n) is 0.802. The number of rotatable bonds is 2. The van der Waals surface area contributed by atoms with Gasteiger partial charge < -0.3 is 5.32 Å². The summed E-state index contributed by atoms with van der Waals surface area (Å²) in [6, 6.07) is 0. The normalized spacial score (nSPS) is 10.3. The summed E-state index contributed by atoms with van der Waals surface area (Å²) < 4.78 is 3.10. The maximum absolute atomic E-state index is 4.10. The van der Waals surface area contributed by atoms with E-state index in [-0.39, 0.29) is 0 Å². The molecule has 0 aromatic carbocycles. The highest BCUT2D eigenvalue weighted by atomic mass is 127. The van der Waals surface area contributed by atoms with E-state index in [4.69, 9.17) is 0 Å². The van der Waals surface area contributed by atoms with Gasteiger partial charge in [0, 0.05) is 13.6 Å². The first-order valence-corrected chi connectivity index (χ1v) is 4.14. The zero-order chi connectivity index (χ0) is 7.56.